The van der Waals surface area contributed by atoms with Crippen LogP contribution in [0.25, 0.3) is 10.8 Å². The predicted molar refractivity (Wildman–Crippen MR) is 115 cm³/mol. The SMILES string of the molecule is C[C@H](C(=O)Nc1ccc2ccccc2c1)N(C)CC(=O)Nc1ccc(Cl)cc1. The number of nitrogens with zero attached hydrogens (tertiary/aromatic N) is 1. The van der Waals surface area contributed by atoms with Crippen molar-refractivity contribution < 1.29 is 9.59 Å². The summed E-state index contributed by atoms with van der Waals surface area (Å²) in [7, 11) is 1.74. The number of nitrogens with one attached hydrogen (secondary N) is 2. The van der Waals surface area contributed by atoms with Crippen LogP contribution in [0.1, 0.15) is 6.92 Å². The molecule has 144 valence electrons. The van der Waals surface area contributed by atoms with Crippen molar-refractivity contribution in [1.29, 1.82) is 0 Å². The fourth-order valence-corrected chi connectivity index (χ4v) is 2.94. The van der Waals surface area contributed by atoms with E-state index in [1.807, 2.05) is 42.5 Å². The number of fused-ring (bicyclic) bond motifs is 1. The summed E-state index contributed by atoms with van der Waals surface area (Å²) >= 11 is 5.84. The molecule has 0 fully saturated rings. The standard InChI is InChI=1S/C22H22ClN3O2/c1-15(26(2)14-21(27)24-19-11-8-18(23)9-12-19)22(28)25-20-10-7-16-5-3-4-6-17(16)13-20/h3-13,15H,14H2,1-2H3,(H,24,27)(H,25,28)/t15-/m1/s1. The second-order valence-electron chi connectivity index (χ2n) is 6.70. The van der Waals surface area contributed by atoms with Crippen molar-refractivity contribution >= 4 is 45.6 Å². The van der Waals surface area contributed by atoms with Crippen LogP contribution in [0.15, 0.2) is 66.7 Å². The van der Waals surface area contributed by atoms with Gasteiger partial charge in [0.2, 0.25) is 11.8 Å². The quantitative estimate of drug-likeness (QED) is 0.650. The molecule has 6 heteroatoms. The molecule has 2 N–H and O–H groups in total. The largest absolute Gasteiger partial charge is 0.325 e. The van der Waals surface area contributed by atoms with Gasteiger partial charge in [-0.15, -0.1) is 0 Å². The van der Waals surface area contributed by atoms with Gasteiger partial charge in [0.25, 0.3) is 0 Å². The molecule has 3 rings (SSSR count). The molecule has 0 aliphatic rings. The van der Waals surface area contributed by atoms with Gasteiger partial charge in [0, 0.05) is 16.4 Å². The normalized spacial score (nSPS) is 12.0. The van der Waals surface area contributed by atoms with Crippen molar-refractivity contribution in [3.05, 3.63) is 71.8 Å². The summed E-state index contributed by atoms with van der Waals surface area (Å²) in [6.07, 6.45) is 0. The monoisotopic (exact) mass is 395 g/mol. The summed E-state index contributed by atoms with van der Waals surface area (Å²) in [6.45, 7) is 1.86. The van der Waals surface area contributed by atoms with E-state index in [0.717, 1.165) is 16.5 Å². The van der Waals surface area contributed by atoms with Gasteiger partial charge in [0.05, 0.1) is 12.6 Å². The lowest BCUT2D eigenvalue weighted by Crippen LogP contribution is -2.43. The Morgan fingerprint density at radius 1 is 0.929 bits per heavy atom. The van der Waals surface area contributed by atoms with Gasteiger partial charge < -0.3 is 10.6 Å². The van der Waals surface area contributed by atoms with Crippen LogP contribution < -0.4 is 10.6 Å². The van der Waals surface area contributed by atoms with E-state index < -0.39 is 6.04 Å². The first kappa shape index (κ1) is 19.9. The van der Waals surface area contributed by atoms with Gasteiger partial charge in [-0.3, -0.25) is 14.5 Å². The van der Waals surface area contributed by atoms with Gasteiger partial charge in [-0.25, -0.2) is 0 Å². The molecule has 0 bridgehead atoms. The Kier molecular flexibility index (Phi) is 6.29. The van der Waals surface area contributed by atoms with Crippen molar-refractivity contribution in [2.45, 2.75) is 13.0 Å². The maximum Gasteiger partial charge on any atom is 0.241 e. The zero-order chi connectivity index (χ0) is 20.1. The van der Waals surface area contributed by atoms with E-state index in [-0.39, 0.29) is 18.4 Å². The maximum absolute atomic E-state index is 12.6. The molecule has 3 aromatic rings. The number of likely N-dealkylation sites (N-methyl/N-ethyl adjacent to an activating group) is 1. The molecule has 0 aromatic heterocycles. The number of hydrogen-bond donors (Lipinski definition) is 2. The average molecular weight is 396 g/mol. The van der Waals surface area contributed by atoms with Gasteiger partial charge >= 0.3 is 0 Å². The second-order valence-corrected chi connectivity index (χ2v) is 7.13. The van der Waals surface area contributed by atoms with Crippen molar-refractivity contribution in [3.8, 4) is 0 Å². The molecule has 0 aliphatic carbocycles. The summed E-state index contributed by atoms with van der Waals surface area (Å²) in [5.41, 5.74) is 1.39. The number of rotatable bonds is 6. The van der Waals surface area contributed by atoms with E-state index in [1.54, 1.807) is 43.1 Å². The Bertz CT molecular complexity index is 988. The number of benzene rings is 3. The zero-order valence-electron chi connectivity index (χ0n) is 15.8. The van der Waals surface area contributed by atoms with Crippen LogP contribution in [0.4, 0.5) is 11.4 Å². The van der Waals surface area contributed by atoms with Gasteiger partial charge in [-0.1, -0.05) is 41.9 Å². The fraction of sp³-hybridized carbons (Fsp3) is 0.182. The highest BCUT2D eigenvalue weighted by molar-refractivity contribution is 6.30. The topological polar surface area (TPSA) is 61.4 Å². The number of hydrogen-bond acceptors (Lipinski definition) is 3. The van der Waals surface area contributed by atoms with E-state index in [9.17, 15) is 9.59 Å². The van der Waals surface area contributed by atoms with E-state index >= 15 is 0 Å². The number of anilines is 2. The smallest absolute Gasteiger partial charge is 0.241 e. The van der Waals surface area contributed by atoms with Crippen molar-refractivity contribution in [2.24, 2.45) is 0 Å². The maximum atomic E-state index is 12.6. The molecular weight excluding hydrogens is 374 g/mol. The van der Waals surface area contributed by atoms with Gasteiger partial charge in [0.15, 0.2) is 0 Å². The van der Waals surface area contributed by atoms with E-state index in [1.165, 1.54) is 0 Å². The molecule has 0 aliphatic heterocycles. The third-order valence-electron chi connectivity index (χ3n) is 4.58. The molecule has 28 heavy (non-hydrogen) atoms. The second kappa shape index (κ2) is 8.87. The molecule has 2 amide bonds. The van der Waals surface area contributed by atoms with Crippen LogP contribution >= 0.6 is 11.6 Å². The highest BCUT2D eigenvalue weighted by Crippen LogP contribution is 2.19. The lowest BCUT2D eigenvalue weighted by atomic mass is 10.1. The summed E-state index contributed by atoms with van der Waals surface area (Å²) < 4.78 is 0. The zero-order valence-corrected chi connectivity index (χ0v) is 16.5. The minimum Gasteiger partial charge on any atom is -0.325 e. The number of carbonyl (C=O) groups excluding carboxylic acids is 2. The first-order chi connectivity index (χ1) is 13.4. The molecular formula is C22H22ClN3O2. The van der Waals surface area contributed by atoms with E-state index in [0.29, 0.717) is 10.7 Å². The molecule has 1 atom stereocenters. The van der Waals surface area contributed by atoms with Crippen LogP contribution in [0.5, 0.6) is 0 Å². The van der Waals surface area contributed by atoms with Crippen LogP contribution in [0.2, 0.25) is 5.02 Å². The van der Waals surface area contributed by atoms with E-state index in [2.05, 4.69) is 10.6 Å². The lowest BCUT2D eigenvalue weighted by molar-refractivity contribution is -0.122. The van der Waals surface area contributed by atoms with Crippen LogP contribution in [-0.4, -0.2) is 36.3 Å². The number of amides is 2. The Morgan fingerprint density at radius 2 is 1.57 bits per heavy atom. The first-order valence-electron chi connectivity index (χ1n) is 8.98. The van der Waals surface area contributed by atoms with Crippen LogP contribution in [-0.2, 0) is 9.59 Å². The molecule has 3 aromatic carbocycles. The number of carbonyl (C=O) groups is 2. The van der Waals surface area contributed by atoms with Crippen LogP contribution in [0.3, 0.4) is 0 Å². The average Bonchev–Trinajstić information content (AvgIpc) is 2.69. The summed E-state index contributed by atoms with van der Waals surface area (Å²) in [5, 5.41) is 8.49. The summed E-state index contributed by atoms with van der Waals surface area (Å²) in [4.78, 5) is 26.5. The summed E-state index contributed by atoms with van der Waals surface area (Å²) in [5.74, 6) is -0.368. The molecule has 0 unspecified atom stereocenters. The van der Waals surface area contributed by atoms with Crippen molar-refractivity contribution in [1.82, 2.24) is 4.90 Å². The van der Waals surface area contributed by atoms with Crippen LogP contribution in [0, 0.1) is 0 Å². The lowest BCUT2D eigenvalue weighted by Gasteiger charge is -2.23. The van der Waals surface area contributed by atoms with Crippen molar-refractivity contribution in [3.63, 3.8) is 0 Å². The fourth-order valence-electron chi connectivity index (χ4n) is 2.81. The Balaban J connectivity index is 1.56. The molecule has 5 nitrogen and oxygen atoms in total. The molecule has 0 radical (unpaired) electrons. The Labute approximate surface area is 169 Å². The van der Waals surface area contributed by atoms with Gasteiger partial charge in [0.1, 0.15) is 0 Å². The molecule has 0 saturated heterocycles. The van der Waals surface area contributed by atoms with Gasteiger partial charge in [-0.2, -0.15) is 0 Å². The highest BCUT2D eigenvalue weighted by Gasteiger charge is 2.20. The molecule has 0 heterocycles. The molecule has 0 spiro atoms. The molecule has 0 saturated carbocycles. The Morgan fingerprint density at radius 3 is 2.29 bits per heavy atom. The number of halogens is 1. The third kappa shape index (κ3) is 5.09. The minimum atomic E-state index is -0.470. The Hall–Kier alpha value is -2.89. The predicted octanol–water partition coefficient (Wildman–Crippen LogP) is 4.39. The summed E-state index contributed by atoms with van der Waals surface area (Å²) in [6, 6.07) is 20.2. The van der Waals surface area contributed by atoms with Gasteiger partial charge in [-0.05, 0) is 61.1 Å². The first-order valence-corrected chi connectivity index (χ1v) is 9.35. The third-order valence-corrected chi connectivity index (χ3v) is 4.83. The highest BCUT2D eigenvalue weighted by atomic mass is 35.5. The minimum absolute atomic E-state index is 0.0922. The van der Waals surface area contributed by atoms with Crippen molar-refractivity contribution in [2.75, 3.05) is 24.2 Å². The van der Waals surface area contributed by atoms with E-state index in [4.69, 9.17) is 11.6 Å².